The number of nitrogens with two attached hydrogens (primary N) is 2. The van der Waals surface area contributed by atoms with Crippen LogP contribution < -0.4 is 25.7 Å². The van der Waals surface area contributed by atoms with Gasteiger partial charge in [0, 0.05) is 54.6 Å². The van der Waals surface area contributed by atoms with Crippen LogP contribution in [-0.4, -0.2) is 99.4 Å². The van der Waals surface area contributed by atoms with Gasteiger partial charge in [-0.3, -0.25) is 14.6 Å². The third-order valence-corrected chi connectivity index (χ3v) is 13.6. The van der Waals surface area contributed by atoms with Crippen LogP contribution in [0.2, 0.25) is 10.0 Å². The molecule has 2 aliphatic heterocycles. The summed E-state index contributed by atoms with van der Waals surface area (Å²) in [6.45, 7) is 14.0. The van der Waals surface area contributed by atoms with Crippen LogP contribution in [-0.2, 0) is 22.8 Å². The molecule has 2 fully saturated rings. The fraction of sp³-hybridized carbons (Fsp3) is 0.288. The first-order valence-corrected chi connectivity index (χ1v) is 24.3. The van der Waals surface area contributed by atoms with Crippen LogP contribution in [0.1, 0.15) is 60.3 Å². The third kappa shape index (κ3) is 10.4. The number of benzene rings is 2. The minimum Gasteiger partial charge on any atom is -0.496 e. The van der Waals surface area contributed by atoms with Crippen LogP contribution in [0.3, 0.4) is 0 Å². The van der Waals surface area contributed by atoms with Crippen molar-refractivity contribution in [1.82, 2.24) is 54.3 Å². The molecule has 8 aromatic rings. The molecule has 2 aromatic carbocycles. The van der Waals surface area contributed by atoms with E-state index in [1.165, 1.54) is 24.8 Å². The monoisotopic (exact) mass is 1030 g/mol. The van der Waals surface area contributed by atoms with Gasteiger partial charge in [0.1, 0.15) is 71.9 Å². The first-order chi connectivity index (χ1) is 35.4. The molecule has 2 amide bonds. The predicted octanol–water partition coefficient (Wildman–Crippen LogP) is 8.93. The molecule has 10 rings (SSSR count). The Kier molecular flexibility index (Phi) is 14.9. The van der Waals surface area contributed by atoms with Gasteiger partial charge in [0.05, 0.1) is 52.0 Å². The Hall–Kier alpha value is -8.03. The molecular weight excluding hydrogens is 974 g/mol. The molecule has 2 aliphatic rings. The number of methoxy groups -OCH3 is 1. The van der Waals surface area contributed by atoms with E-state index in [4.69, 9.17) is 63.5 Å². The molecule has 73 heavy (non-hydrogen) atoms. The van der Waals surface area contributed by atoms with Gasteiger partial charge in [-0.15, -0.1) is 0 Å². The van der Waals surface area contributed by atoms with Crippen molar-refractivity contribution >= 4 is 68.7 Å². The zero-order valence-corrected chi connectivity index (χ0v) is 42.0. The van der Waals surface area contributed by atoms with Gasteiger partial charge in [-0.1, -0.05) is 36.4 Å². The maximum absolute atomic E-state index is 12.3. The molecule has 0 unspecified atom stereocenters. The highest BCUT2D eigenvalue weighted by molar-refractivity contribution is 6.32. The third-order valence-electron chi connectivity index (χ3n) is 13.0. The highest BCUT2D eigenvalue weighted by Crippen LogP contribution is 2.39. The molecule has 376 valence electrons. The molecular formula is C52H53Cl2N13O6. The molecule has 0 radical (unpaired) electrons. The molecule has 0 bridgehead atoms. The number of aromatic nitrogens is 9. The lowest BCUT2D eigenvalue weighted by Crippen LogP contribution is -2.40. The van der Waals surface area contributed by atoms with Crippen molar-refractivity contribution in [1.29, 1.82) is 0 Å². The molecule has 21 heteroatoms. The van der Waals surface area contributed by atoms with Crippen molar-refractivity contribution in [2.45, 2.75) is 64.8 Å². The molecule has 0 saturated carbocycles. The Morgan fingerprint density at radius 2 is 1.27 bits per heavy atom. The predicted molar refractivity (Wildman–Crippen MR) is 278 cm³/mol. The van der Waals surface area contributed by atoms with E-state index in [1.807, 2.05) is 41.4 Å². The number of furan rings is 1. The summed E-state index contributed by atoms with van der Waals surface area (Å²) in [4.78, 5) is 49.8. The largest absolute Gasteiger partial charge is 0.496 e. The fourth-order valence-electron chi connectivity index (χ4n) is 9.31. The topological polar surface area (TPSA) is 234 Å². The van der Waals surface area contributed by atoms with Crippen molar-refractivity contribution in [3.05, 3.63) is 132 Å². The quantitative estimate of drug-likeness (QED) is 0.103. The van der Waals surface area contributed by atoms with E-state index in [1.54, 1.807) is 59.7 Å². The number of nitrogens with zero attached hydrogens (tertiary/aromatic N) is 11. The van der Waals surface area contributed by atoms with Crippen LogP contribution in [0.5, 0.6) is 17.2 Å². The number of rotatable bonds is 13. The molecule has 2 atom stereocenters. The average Bonchev–Trinajstić information content (AvgIpc) is 4.18. The zero-order chi connectivity index (χ0) is 51.3. The first-order valence-electron chi connectivity index (χ1n) is 23.5. The summed E-state index contributed by atoms with van der Waals surface area (Å²) >= 11 is 13.2. The number of carbonyl (C=O) groups excluding carboxylic acids is 2. The Balaban J connectivity index is 0.000000181. The molecule has 6 aromatic heterocycles. The van der Waals surface area contributed by atoms with Crippen LogP contribution in [0.4, 0.5) is 11.6 Å². The number of ether oxygens (including phenoxy) is 3. The number of pyridine rings is 1. The Morgan fingerprint density at radius 3 is 1.74 bits per heavy atom. The molecule has 19 nitrogen and oxygen atoms in total. The summed E-state index contributed by atoms with van der Waals surface area (Å²) in [5, 5.41) is 11.9. The summed E-state index contributed by atoms with van der Waals surface area (Å²) in [6.07, 6.45) is 12.3. The fourth-order valence-corrected chi connectivity index (χ4v) is 9.78. The van der Waals surface area contributed by atoms with Gasteiger partial charge in [-0.2, -0.15) is 10.2 Å². The molecule has 0 aliphatic carbocycles. The maximum Gasteiger partial charge on any atom is 0.246 e. The zero-order valence-electron chi connectivity index (χ0n) is 40.5. The number of carbonyl (C=O) groups is 2. The van der Waals surface area contributed by atoms with Gasteiger partial charge in [-0.25, -0.2) is 29.3 Å². The second-order valence-electron chi connectivity index (χ2n) is 17.6. The SMILES string of the molecule is C=CC(=O)N1CCC[C@@H](n2nc(-c3ccc(OCc4ccco4)c(Cl)c3)c3c(N)ncnc32)C1.C=CC(=O)N1CCC[C@@H](n2nc(-c3ccc(OCc4ncc(C)c(OC)c4C)c(Cl)c3)c3c(N)ncnc32)C1. The van der Waals surface area contributed by atoms with Crippen LogP contribution in [0, 0.1) is 13.8 Å². The lowest BCUT2D eigenvalue weighted by molar-refractivity contribution is -0.128. The van der Waals surface area contributed by atoms with Gasteiger partial charge in [0.25, 0.3) is 0 Å². The summed E-state index contributed by atoms with van der Waals surface area (Å²) in [5.74, 6) is 3.00. The molecule has 0 spiro atoms. The lowest BCUT2D eigenvalue weighted by Gasteiger charge is -2.32. The molecule has 2 saturated heterocycles. The van der Waals surface area contributed by atoms with Crippen molar-refractivity contribution < 1.29 is 28.2 Å². The number of hydrogen-bond donors (Lipinski definition) is 2. The number of anilines is 2. The number of aryl methyl sites for hydroxylation is 1. The highest BCUT2D eigenvalue weighted by atomic mass is 35.5. The number of nitrogen functional groups attached to an aromatic ring is 2. The number of piperidine rings is 2. The highest BCUT2D eigenvalue weighted by Gasteiger charge is 2.30. The number of hydrogen-bond acceptors (Lipinski definition) is 15. The minimum atomic E-state index is -0.0950. The van der Waals surface area contributed by atoms with Gasteiger partial charge in [0.2, 0.25) is 11.8 Å². The van der Waals surface area contributed by atoms with E-state index < -0.39 is 0 Å². The van der Waals surface area contributed by atoms with E-state index in [2.05, 4.69) is 38.1 Å². The average molecular weight is 1030 g/mol. The van der Waals surface area contributed by atoms with E-state index in [0.717, 1.165) is 59.4 Å². The van der Waals surface area contributed by atoms with E-state index in [0.29, 0.717) is 98.6 Å². The standard InChI is InChI=1S/C28H30ClN7O3.C24H23ClN6O3/c1-5-23(37)35-10-6-7-19(13-35)36-28-24(27(30)32-15-33-28)25(34-36)18-8-9-22(20(29)11-18)39-14-21-17(3)26(38-4)16(2)12-31-21;1-2-20(32)30-9-3-5-16(12-30)31-24-21(23(26)27-14-28-24)22(29-31)15-7-8-19(18(25)11-15)34-13-17-6-4-10-33-17/h5,8-9,11-12,15,19H,1,6-7,10,13-14H2,2-4H3,(H2,30,32,33);2,4,6-8,10-11,14,16H,1,3,5,9,12-13H2,(H2,26,27,28)/t19-;16-/m11/s1. The Morgan fingerprint density at radius 1 is 0.753 bits per heavy atom. The first kappa shape index (κ1) is 49.9. The number of halogens is 2. The van der Waals surface area contributed by atoms with E-state index in [-0.39, 0.29) is 37.1 Å². The summed E-state index contributed by atoms with van der Waals surface area (Å²) in [7, 11) is 1.64. The van der Waals surface area contributed by atoms with Gasteiger partial charge < -0.3 is 39.9 Å². The number of fused-ring (bicyclic) bond motifs is 2. The Labute approximate surface area is 430 Å². The summed E-state index contributed by atoms with van der Waals surface area (Å²) in [6, 6.07) is 14.4. The minimum absolute atomic E-state index is 0.0467. The normalized spacial score (nSPS) is 15.7. The molecule has 8 heterocycles. The number of amides is 2. The van der Waals surface area contributed by atoms with Crippen molar-refractivity contribution in [3.8, 4) is 39.8 Å². The smallest absolute Gasteiger partial charge is 0.246 e. The van der Waals surface area contributed by atoms with Gasteiger partial charge >= 0.3 is 0 Å². The lowest BCUT2D eigenvalue weighted by atomic mass is 10.1. The summed E-state index contributed by atoms with van der Waals surface area (Å²) < 4.78 is 26.3. The van der Waals surface area contributed by atoms with Crippen molar-refractivity contribution in [2.24, 2.45) is 0 Å². The van der Waals surface area contributed by atoms with E-state index >= 15 is 0 Å². The van der Waals surface area contributed by atoms with Crippen LogP contribution in [0.25, 0.3) is 44.6 Å². The second kappa shape index (κ2) is 21.8. The van der Waals surface area contributed by atoms with Gasteiger partial charge in [0.15, 0.2) is 11.3 Å². The van der Waals surface area contributed by atoms with Crippen LogP contribution in [0.15, 0.2) is 103 Å². The Bertz CT molecular complexity index is 3360. The molecule has 4 N–H and O–H groups in total. The maximum atomic E-state index is 12.3. The van der Waals surface area contributed by atoms with E-state index in [9.17, 15) is 9.59 Å². The summed E-state index contributed by atoms with van der Waals surface area (Å²) in [5.41, 5.74) is 19.2. The van der Waals surface area contributed by atoms with Gasteiger partial charge in [-0.05, 0) is 100 Å². The van der Waals surface area contributed by atoms with Crippen molar-refractivity contribution in [3.63, 3.8) is 0 Å². The van der Waals surface area contributed by atoms with Crippen molar-refractivity contribution in [2.75, 3.05) is 44.8 Å². The van der Waals surface area contributed by atoms with Crippen LogP contribution >= 0.6 is 23.2 Å². The number of likely N-dealkylation sites (tertiary alicyclic amines) is 2. The second-order valence-corrected chi connectivity index (χ2v) is 18.4.